The summed E-state index contributed by atoms with van der Waals surface area (Å²) in [5, 5.41) is 2.03. The van der Waals surface area contributed by atoms with Gasteiger partial charge >= 0.3 is 0 Å². The molecule has 0 aliphatic heterocycles. The molecule has 2 heteroatoms. The summed E-state index contributed by atoms with van der Waals surface area (Å²) in [5.74, 6) is 0. The predicted molar refractivity (Wildman–Crippen MR) is 56.7 cm³/mol. The second-order valence-electron chi connectivity index (χ2n) is 2.21. The first-order valence-electron chi connectivity index (χ1n) is 3.72. The highest BCUT2D eigenvalue weighted by atomic mass is 32.1. The van der Waals surface area contributed by atoms with E-state index >= 15 is 0 Å². The Labute approximate surface area is 76.8 Å². The highest BCUT2D eigenvalue weighted by Gasteiger charge is 1.96. The molecule has 1 nitrogen and oxygen atoms in total. The Morgan fingerprint density at radius 2 is 2.50 bits per heavy atom. The molecule has 0 aliphatic carbocycles. The van der Waals surface area contributed by atoms with Gasteiger partial charge in [0.15, 0.2) is 0 Å². The summed E-state index contributed by atoms with van der Waals surface area (Å²) in [6.07, 6.45) is 5.89. The summed E-state index contributed by atoms with van der Waals surface area (Å²) >= 11 is 1.67. The van der Waals surface area contributed by atoms with Crippen molar-refractivity contribution in [2.75, 3.05) is 0 Å². The number of hydrogen-bond donors (Lipinski definition) is 0. The van der Waals surface area contributed by atoms with Gasteiger partial charge in [0.25, 0.3) is 0 Å². The van der Waals surface area contributed by atoms with Crippen LogP contribution in [0, 0.1) is 0 Å². The molecular formula is C10H11NS. The van der Waals surface area contributed by atoms with Crippen LogP contribution in [0.2, 0.25) is 0 Å². The van der Waals surface area contributed by atoms with E-state index in [1.165, 1.54) is 0 Å². The van der Waals surface area contributed by atoms with Gasteiger partial charge in [0.1, 0.15) is 0 Å². The van der Waals surface area contributed by atoms with Gasteiger partial charge in [0.05, 0.1) is 10.6 Å². The summed E-state index contributed by atoms with van der Waals surface area (Å²) in [5.41, 5.74) is 0.933. The third-order valence-electron chi connectivity index (χ3n) is 1.39. The number of nitrogens with zero attached hydrogens (tertiary/aromatic N) is 1. The minimum Gasteiger partial charge on any atom is -0.263 e. The Hall–Kier alpha value is -1.15. The van der Waals surface area contributed by atoms with Crippen LogP contribution in [0.5, 0.6) is 0 Å². The summed E-state index contributed by atoms with van der Waals surface area (Å²) in [7, 11) is 0. The van der Waals surface area contributed by atoms with Crippen LogP contribution in [0.4, 0.5) is 0 Å². The van der Waals surface area contributed by atoms with Crippen LogP contribution >= 0.6 is 11.3 Å². The molecule has 0 unspecified atom stereocenters. The molecule has 1 aromatic heterocycles. The maximum atomic E-state index is 3.94. The van der Waals surface area contributed by atoms with E-state index in [9.17, 15) is 0 Å². The molecule has 0 saturated heterocycles. The van der Waals surface area contributed by atoms with Gasteiger partial charge in [0.2, 0.25) is 0 Å². The fraction of sp³-hybridized carbons (Fsp3) is 0.100. The maximum absolute atomic E-state index is 3.94. The van der Waals surface area contributed by atoms with E-state index in [0.29, 0.717) is 0 Å². The summed E-state index contributed by atoms with van der Waals surface area (Å²) in [4.78, 5) is 5.09. The van der Waals surface area contributed by atoms with Crippen molar-refractivity contribution >= 4 is 23.8 Å². The molecule has 0 saturated carbocycles. The van der Waals surface area contributed by atoms with Crippen molar-refractivity contribution < 1.29 is 0 Å². The fourth-order valence-electron chi connectivity index (χ4n) is 0.824. The number of aliphatic imine (C=N–C) groups is 1. The van der Waals surface area contributed by atoms with Crippen molar-refractivity contribution in [3.63, 3.8) is 0 Å². The quantitative estimate of drug-likeness (QED) is 0.496. The number of rotatable bonds is 3. The van der Waals surface area contributed by atoms with E-state index in [0.717, 1.165) is 10.6 Å². The zero-order valence-electron chi connectivity index (χ0n) is 7.03. The zero-order valence-corrected chi connectivity index (χ0v) is 7.84. The third kappa shape index (κ3) is 2.17. The molecule has 0 aromatic carbocycles. The van der Waals surface area contributed by atoms with Crippen LogP contribution in [0.25, 0.3) is 5.70 Å². The van der Waals surface area contributed by atoms with Gasteiger partial charge in [-0.2, -0.15) is 0 Å². The van der Waals surface area contributed by atoms with E-state index in [1.807, 2.05) is 42.7 Å². The minimum absolute atomic E-state index is 0.933. The monoisotopic (exact) mass is 177 g/mol. The molecule has 1 rings (SSSR count). The van der Waals surface area contributed by atoms with Gasteiger partial charge in [-0.1, -0.05) is 18.2 Å². The maximum Gasteiger partial charge on any atom is 0.0794 e. The van der Waals surface area contributed by atoms with Gasteiger partial charge in [-0.15, -0.1) is 11.3 Å². The Morgan fingerprint density at radius 3 is 3.00 bits per heavy atom. The molecule has 12 heavy (non-hydrogen) atoms. The molecule has 1 aromatic rings. The van der Waals surface area contributed by atoms with Crippen LogP contribution in [-0.4, -0.2) is 6.72 Å². The van der Waals surface area contributed by atoms with Crippen LogP contribution in [0.1, 0.15) is 11.8 Å². The molecule has 0 fully saturated rings. The van der Waals surface area contributed by atoms with Gasteiger partial charge in [-0.3, -0.25) is 4.99 Å². The molecule has 0 amide bonds. The molecule has 0 bridgehead atoms. The fourth-order valence-corrected chi connectivity index (χ4v) is 1.54. The molecule has 0 radical (unpaired) electrons. The minimum atomic E-state index is 0.933. The van der Waals surface area contributed by atoms with Crippen molar-refractivity contribution in [1.29, 1.82) is 0 Å². The van der Waals surface area contributed by atoms with E-state index in [4.69, 9.17) is 0 Å². The summed E-state index contributed by atoms with van der Waals surface area (Å²) in [6.45, 7) is 5.50. The molecular weight excluding hydrogens is 166 g/mol. The second-order valence-corrected chi connectivity index (χ2v) is 3.16. The SMILES string of the molecule is C=NC(=CC=CC)c1cccs1. The van der Waals surface area contributed by atoms with Crippen molar-refractivity contribution in [3.05, 3.63) is 40.6 Å². The van der Waals surface area contributed by atoms with Crippen molar-refractivity contribution in [1.82, 2.24) is 0 Å². The first kappa shape index (κ1) is 8.94. The number of thiophene rings is 1. The highest BCUT2D eigenvalue weighted by molar-refractivity contribution is 7.11. The molecule has 0 spiro atoms. The first-order chi connectivity index (χ1) is 5.88. The van der Waals surface area contributed by atoms with E-state index < -0.39 is 0 Å². The third-order valence-corrected chi connectivity index (χ3v) is 2.28. The zero-order chi connectivity index (χ0) is 8.81. The van der Waals surface area contributed by atoms with Crippen LogP contribution in [0.3, 0.4) is 0 Å². The second kappa shape index (κ2) is 4.67. The van der Waals surface area contributed by atoms with Crippen molar-refractivity contribution in [2.24, 2.45) is 4.99 Å². The smallest absolute Gasteiger partial charge is 0.0794 e. The van der Waals surface area contributed by atoms with Crippen LogP contribution in [0.15, 0.2) is 40.7 Å². The summed E-state index contributed by atoms with van der Waals surface area (Å²) < 4.78 is 0. The lowest BCUT2D eigenvalue weighted by Gasteiger charge is -1.92. The van der Waals surface area contributed by atoms with E-state index in [1.54, 1.807) is 11.3 Å². The van der Waals surface area contributed by atoms with Crippen LogP contribution < -0.4 is 0 Å². The lowest BCUT2D eigenvalue weighted by atomic mass is 10.3. The first-order valence-corrected chi connectivity index (χ1v) is 4.60. The van der Waals surface area contributed by atoms with Gasteiger partial charge in [0, 0.05) is 0 Å². The Bertz CT molecular complexity index is 294. The summed E-state index contributed by atoms with van der Waals surface area (Å²) in [6, 6.07) is 4.04. The standard InChI is InChI=1S/C10H11NS/c1-3-4-6-9(11-2)10-7-5-8-12-10/h3-8H,2H2,1H3. The Balaban J connectivity index is 2.90. The van der Waals surface area contributed by atoms with Gasteiger partial charge in [-0.05, 0) is 31.2 Å². The largest absolute Gasteiger partial charge is 0.263 e. The van der Waals surface area contributed by atoms with E-state index in [-0.39, 0.29) is 0 Å². The van der Waals surface area contributed by atoms with Gasteiger partial charge in [-0.25, -0.2) is 0 Å². The van der Waals surface area contributed by atoms with E-state index in [2.05, 4.69) is 11.7 Å². The lowest BCUT2D eigenvalue weighted by molar-refractivity contribution is 1.60. The lowest BCUT2D eigenvalue weighted by Crippen LogP contribution is -1.71. The average Bonchev–Trinajstić information content (AvgIpc) is 2.59. The molecule has 62 valence electrons. The van der Waals surface area contributed by atoms with Crippen molar-refractivity contribution in [2.45, 2.75) is 6.92 Å². The predicted octanol–water partition coefficient (Wildman–Crippen LogP) is 3.37. The van der Waals surface area contributed by atoms with Gasteiger partial charge < -0.3 is 0 Å². The molecule has 0 N–H and O–H groups in total. The van der Waals surface area contributed by atoms with Crippen LogP contribution in [-0.2, 0) is 0 Å². The normalized spacial score (nSPS) is 12.2. The topological polar surface area (TPSA) is 12.4 Å². The number of hydrogen-bond acceptors (Lipinski definition) is 2. The average molecular weight is 177 g/mol. The molecule has 0 aliphatic rings. The highest BCUT2D eigenvalue weighted by Crippen LogP contribution is 2.20. The Kier molecular flexibility index (Phi) is 3.48. The van der Waals surface area contributed by atoms with Crippen molar-refractivity contribution in [3.8, 4) is 0 Å². The Morgan fingerprint density at radius 1 is 1.67 bits per heavy atom. The molecule has 1 heterocycles. The molecule has 0 atom stereocenters. The number of allylic oxidation sites excluding steroid dienone is 3.